The molecule has 1 rings (SSSR count). The Kier molecular flexibility index (Phi) is 2.41. The molecule has 0 aliphatic carbocycles. The number of aryl methyl sites for hydroxylation is 1. The molecule has 0 amide bonds. The van der Waals surface area contributed by atoms with Crippen molar-refractivity contribution in [1.82, 2.24) is 15.0 Å². The van der Waals surface area contributed by atoms with Crippen LogP contribution in [0.25, 0.3) is 0 Å². The van der Waals surface area contributed by atoms with Gasteiger partial charge < -0.3 is 0 Å². The molecule has 5 nitrogen and oxygen atoms in total. The molecule has 0 radical (unpaired) electrons. The molecular formula is C6H6N4O. The number of isocyanates is 1. The second kappa shape index (κ2) is 3.53. The summed E-state index contributed by atoms with van der Waals surface area (Å²) in [6.07, 6.45) is 3.38. The summed E-state index contributed by atoms with van der Waals surface area (Å²) in [5, 5.41) is 0. The van der Waals surface area contributed by atoms with Crippen molar-refractivity contribution in [3.63, 3.8) is 0 Å². The number of hydrogen-bond acceptors (Lipinski definition) is 5. The molecule has 1 aromatic rings. The Morgan fingerprint density at radius 1 is 1.64 bits per heavy atom. The van der Waals surface area contributed by atoms with Gasteiger partial charge in [0.05, 0.1) is 0 Å². The average Bonchev–Trinajstić information content (AvgIpc) is 2.06. The van der Waals surface area contributed by atoms with Crippen LogP contribution in [0.1, 0.15) is 12.7 Å². The second-order valence-electron chi connectivity index (χ2n) is 1.76. The van der Waals surface area contributed by atoms with E-state index in [1.807, 2.05) is 6.92 Å². The lowest BCUT2D eigenvalue weighted by Crippen LogP contribution is -1.92. The molecule has 0 atom stereocenters. The van der Waals surface area contributed by atoms with Crippen molar-refractivity contribution in [2.45, 2.75) is 13.3 Å². The maximum absolute atomic E-state index is 9.78. The zero-order valence-corrected chi connectivity index (χ0v) is 5.98. The van der Waals surface area contributed by atoms with E-state index in [1.54, 1.807) is 0 Å². The third kappa shape index (κ3) is 1.91. The minimum absolute atomic E-state index is 0.117. The molecule has 0 saturated carbocycles. The topological polar surface area (TPSA) is 68.1 Å². The van der Waals surface area contributed by atoms with Crippen LogP contribution in [0, 0.1) is 0 Å². The third-order valence-electron chi connectivity index (χ3n) is 1.07. The molecule has 0 aromatic carbocycles. The first kappa shape index (κ1) is 7.50. The Hall–Kier alpha value is -1.61. The Bertz CT molecular complexity index is 292. The van der Waals surface area contributed by atoms with E-state index in [0.717, 1.165) is 0 Å². The highest BCUT2D eigenvalue weighted by Gasteiger charge is 1.94. The smallest absolute Gasteiger partial charge is 0.221 e. The summed E-state index contributed by atoms with van der Waals surface area (Å²) in [6.45, 7) is 1.91. The highest BCUT2D eigenvalue weighted by atomic mass is 16.1. The third-order valence-corrected chi connectivity index (χ3v) is 1.07. The standard InChI is InChI=1S/C6H6N4O/c1-2-5-7-3-8-6(10-5)9-4-11/h3H,2H2,1H3. The number of rotatable bonds is 2. The lowest BCUT2D eigenvalue weighted by atomic mass is 10.5. The minimum atomic E-state index is 0.117. The predicted molar refractivity (Wildman–Crippen MR) is 37.0 cm³/mol. The van der Waals surface area contributed by atoms with Gasteiger partial charge in [0.15, 0.2) is 0 Å². The first-order valence-electron chi connectivity index (χ1n) is 3.12. The number of aliphatic imine (C=N–C) groups is 1. The van der Waals surface area contributed by atoms with Crippen molar-refractivity contribution in [2.75, 3.05) is 0 Å². The number of aromatic nitrogens is 3. The van der Waals surface area contributed by atoms with Gasteiger partial charge in [-0.1, -0.05) is 6.92 Å². The Morgan fingerprint density at radius 2 is 2.45 bits per heavy atom. The van der Waals surface area contributed by atoms with Gasteiger partial charge >= 0.3 is 0 Å². The second-order valence-corrected chi connectivity index (χ2v) is 1.76. The van der Waals surface area contributed by atoms with Gasteiger partial charge in [-0.3, -0.25) is 0 Å². The normalized spacial score (nSPS) is 8.82. The molecule has 0 aliphatic rings. The van der Waals surface area contributed by atoms with Crippen molar-refractivity contribution in [1.29, 1.82) is 0 Å². The van der Waals surface area contributed by atoms with Crippen LogP contribution < -0.4 is 0 Å². The fourth-order valence-electron chi connectivity index (χ4n) is 0.585. The van der Waals surface area contributed by atoms with E-state index in [-0.39, 0.29) is 5.95 Å². The van der Waals surface area contributed by atoms with E-state index in [4.69, 9.17) is 0 Å². The molecule has 5 heteroatoms. The SMILES string of the molecule is CCc1ncnc(N=C=O)n1. The maximum atomic E-state index is 9.78. The van der Waals surface area contributed by atoms with Crippen LogP contribution in [0.2, 0.25) is 0 Å². The summed E-state index contributed by atoms with van der Waals surface area (Å²) < 4.78 is 0. The van der Waals surface area contributed by atoms with Crippen molar-refractivity contribution < 1.29 is 4.79 Å². The molecule has 11 heavy (non-hydrogen) atoms. The van der Waals surface area contributed by atoms with E-state index >= 15 is 0 Å². The quantitative estimate of drug-likeness (QED) is 0.452. The minimum Gasteiger partial charge on any atom is -0.221 e. The van der Waals surface area contributed by atoms with Crippen LogP contribution in [0.5, 0.6) is 0 Å². The summed E-state index contributed by atoms with van der Waals surface area (Å²) in [5.74, 6) is 0.737. The lowest BCUT2D eigenvalue weighted by Gasteiger charge is -1.91. The van der Waals surface area contributed by atoms with Crippen molar-refractivity contribution in [2.24, 2.45) is 4.99 Å². The number of carbonyl (C=O) groups excluding carboxylic acids is 1. The Morgan fingerprint density at radius 3 is 3.09 bits per heavy atom. The fourth-order valence-corrected chi connectivity index (χ4v) is 0.585. The highest BCUT2D eigenvalue weighted by molar-refractivity contribution is 5.40. The van der Waals surface area contributed by atoms with E-state index in [0.29, 0.717) is 12.2 Å². The molecule has 1 aromatic heterocycles. The fraction of sp³-hybridized carbons (Fsp3) is 0.333. The van der Waals surface area contributed by atoms with Gasteiger partial charge in [-0.25, -0.2) is 9.78 Å². The lowest BCUT2D eigenvalue weighted by molar-refractivity contribution is 0.565. The van der Waals surface area contributed by atoms with E-state index in [2.05, 4.69) is 19.9 Å². The van der Waals surface area contributed by atoms with Gasteiger partial charge in [-0.05, 0) is 0 Å². The van der Waals surface area contributed by atoms with Gasteiger partial charge in [0, 0.05) is 6.42 Å². The summed E-state index contributed by atoms with van der Waals surface area (Å²) in [6, 6.07) is 0. The maximum Gasteiger partial charge on any atom is 0.263 e. The van der Waals surface area contributed by atoms with Crippen LogP contribution >= 0.6 is 0 Å². The molecule has 1 heterocycles. The first-order chi connectivity index (χ1) is 5.36. The van der Waals surface area contributed by atoms with Crippen molar-refractivity contribution >= 4 is 12.0 Å². The van der Waals surface area contributed by atoms with E-state index < -0.39 is 0 Å². The van der Waals surface area contributed by atoms with E-state index in [9.17, 15) is 4.79 Å². The first-order valence-corrected chi connectivity index (χ1v) is 3.12. The largest absolute Gasteiger partial charge is 0.263 e. The molecule has 0 aliphatic heterocycles. The molecule has 0 saturated heterocycles. The zero-order valence-electron chi connectivity index (χ0n) is 5.98. The van der Waals surface area contributed by atoms with Gasteiger partial charge in [0.1, 0.15) is 12.2 Å². The zero-order chi connectivity index (χ0) is 8.10. The van der Waals surface area contributed by atoms with E-state index in [1.165, 1.54) is 12.4 Å². The van der Waals surface area contributed by atoms with Gasteiger partial charge in [-0.2, -0.15) is 9.97 Å². The molecule has 56 valence electrons. The van der Waals surface area contributed by atoms with Crippen LogP contribution in [-0.4, -0.2) is 21.0 Å². The summed E-state index contributed by atoms with van der Waals surface area (Å²) >= 11 is 0. The van der Waals surface area contributed by atoms with Gasteiger partial charge in [0.25, 0.3) is 5.95 Å². The Labute approximate surface area is 63.2 Å². The number of hydrogen-bond donors (Lipinski definition) is 0. The van der Waals surface area contributed by atoms with Crippen molar-refractivity contribution in [3.8, 4) is 0 Å². The van der Waals surface area contributed by atoms with Gasteiger partial charge in [0.2, 0.25) is 6.08 Å². The summed E-state index contributed by atoms with van der Waals surface area (Å²) in [4.78, 5) is 24.3. The predicted octanol–water partition coefficient (Wildman–Crippen LogP) is 0.401. The molecule has 0 bridgehead atoms. The Balaban J connectivity index is 3.00. The van der Waals surface area contributed by atoms with Crippen LogP contribution in [-0.2, 0) is 11.2 Å². The molecule has 0 fully saturated rings. The highest BCUT2D eigenvalue weighted by Crippen LogP contribution is 1.99. The molecular weight excluding hydrogens is 144 g/mol. The molecule has 0 spiro atoms. The number of nitrogens with zero attached hydrogens (tertiary/aromatic N) is 4. The summed E-state index contributed by atoms with van der Waals surface area (Å²) in [7, 11) is 0. The molecule has 0 unspecified atom stereocenters. The average molecular weight is 150 g/mol. The van der Waals surface area contributed by atoms with Crippen molar-refractivity contribution in [3.05, 3.63) is 12.2 Å². The van der Waals surface area contributed by atoms with Gasteiger partial charge in [-0.15, -0.1) is 4.99 Å². The summed E-state index contributed by atoms with van der Waals surface area (Å²) in [5.41, 5.74) is 0. The van der Waals surface area contributed by atoms with Crippen LogP contribution in [0.3, 0.4) is 0 Å². The molecule has 0 N–H and O–H groups in total. The van der Waals surface area contributed by atoms with Crippen LogP contribution in [0.4, 0.5) is 5.95 Å². The monoisotopic (exact) mass is 150 g/mol. The van der Waals surface area contributed by atoms with Crippen LogP contribution in [0.15, 0.2) is 11.3 Å².